The maximum absolute atomic E-state index is 9.55. The van der Waals surface area contributed by atoms with Crippen LogP contribution >= 0.6 is 0 Å². The van der Waals surface area contributed by atoms with Crippen molar-refractivity contribution >= 4 is 0 Å². The second-order valence-electron chi connectivity index (χ2n) is 9.21. The molecule has 0 aliphatic heterocycles. The minimum absolute atomic E-state index is 0.348. The molecule has 0 spiro atoms. The van der Waals surface area contributed by atoms with Crippen LogP contribution in [0.2, 0.25) is 0 Å². The summed E-state index contributed by atoms with van der Waals surface area (Å²) in [7, 11) is 0. The van der Waals surface area contributed by atoms with E-state index in [0.717, 1.165) is 23.7 Å². The first-order chi connectivity index (χ1) is 10.1. The van der Waals surface area contributed by atoms with Gasteiger partial charge in [-0.05, 0) is 85.9 Å². The van der Waals surface area contributed by atoms with Crippen molar-refractivity contribution in [3.63, 3.8) is 0 Å². The van der Waals surface area contributed by atoms with E-state index in [1.54, 1.807) is 0 Å². The minimum atomic E-state index is 0.348. The molecular weight excluding hydrogens is 254 g/mol. The quantitative estimate of drug-likeness (QED) is 0.571. The summed E-state index contributed by atoms with van der Waals surface area (Å²) in [6, 6.07) is 2.66. The van der Waals surface area contributed by atoms with Gasteiger partial charge in [0.25, 0.3) is 0 Å². The van der Waals surface area contributed by atoms with Gasteiger partial charge in [-0.1, -0.05) is 26.7 Å². The summed E-state index contributed by atoms with van der Waals surface area (Å²) in [5.74, 6) is 4.15. The van der Waals surface area contributed by atoms with Crippen LogP contribution in [0.25, 0.3) is 0 Å². The fourth-order valence-electron chi connectivity index (χ4n) is 7.51. The molecule has 0 heterocycles. The van der Waals surface area contributed by atoms with Gasteiger partial charge >= 0.3 is 0 Å². The van der Waals surface area contributed by atoms with Gasteiger partial charge in [-0.3, -0.25) is 0 Å². The zero-order valence-corrected chi connectivity index (χ0v) is 13.9. The van der Waals surface area contributed by atoms with E-state index in [1.807, 2.05) is 0 Å². The standard InChI is InChI=1S/C20H31N/c1-19-11-4-3-5-14(19)6-8-16-17-9-7-15(13-21)20(17,2)12-10-18(16)19/h14-18H,3-12H2,1-2H3/t14-,15-,16-,17+,18-,19+,20-/m0/s1. The molecule has 0 aromatic heterocycles. The SMILES string of the molecule is C[C@@]12CC[C@H]3[C@@H](CC[C@@H]4CCCC[C@]43C)[C@H]1CC[C@H]2C#N. The Morgan fingerprint density at radius 1 is 0.810 bits per heavy atom. The van der Waals surface area contributed by atoms with Crippen LogP contribution in [0.3, 0.4) is 0 Å². The van der Waals surface area contributed by atoms with Crippen molar-refractivity contribution in [3.05, 3.63) is 0 Å². The molecule has 4 fully saturated rings. The molecular formula is C20H31N. The third-order valence-corrected chi connectivity index (χ3v) is 8.74. The first-order valence-electron chi connectivity index (χ1n) is 9.49. The van der Waals surface area contributed by atoms with Crippen molar-refractivity contribution in [1.82, 2.24) is 0 Å². The van der Waals surface area contributed by atoms with Gasteiger partial charge in [0, 0.05) is 0 Å². The summed E-state index contributed by atoms with van der Waals surface area (Å²) < 4.78 is 0. The van der Waals surface area contributed by atoms with Gasteiger partial charge < -0.3 is 0 Å². The lowest BCUT2D eigenvalue weighted by Crippen LogP contribution is -2.52. The Labute approximate surface area is 130 Å². The predicted octanol–water partition coefficient (Wildman–Crippen LogP) is 5.56. The third kappa shape index (κ3) is 1.80. The number of rotatable bonds is 0. The molecule has 0 saturated heterocycles. The van der Waals surface area contributed by atoms with Crippen molar-refractivity contribution in [2.75, 3.05) is 0 Å². The summed E-state index contributed by atoms with van der Waals surface area (Å²) in [6.45, 7) is 5.11. The second-order valence-corrected chi connectivity index (χ2v) is 9.21. The Kier molecular flexibility index (Phi) is 3.18. The first kappa shape index (κ1) is 14.1. The Balaban J connectivity index is 1.64. The van der Waals surface area contributed by atoms with Crippen molar-refractivity contribution < 1.29 is 0 Å². The van der Waals surface area contributed by atoms with E-state index in [4.69, 9.17) is 0 Å². The van der Waals surface area contributed by atoms with E-state index in [-0.39, 0.29) is 0 Å². The van der Waals surface area contributed by atoms with E-state index in [2.05, 4.69) is 19.9 Å². The maximum Gasteiger partial charge on any atom is 0.0661 e. The number of nitriles is 1. The fourth-order valence-corrected chi connectivity index (χ4v) is 7.51. The topological polar surface area (TPSA) is 23.8 Å². The van der Waals surface area contributed by atoms with Gasteiger partial charge in [-0.15, -0.1) is 0 Å². The number of hydrogen-bond acceptors (Lipinski definition) is 1. The van der Waals surface area contributed by atoms with Crippen molar-refractivity contribution in [2.45, 2.75) is 78.1 Å². The highest BCUT2D eigenvalue weighted by Crippen LogP contribution is 2.67. The van der Waals surface area contributed by atoms with Crippen LogP contribution in [0.1, 0.15) is 78.1 Å². The molecule has 0 unspecified atom stereocenters. The van der Waals surface area contributed by atoms with Crippen LogP contribution in [0.15, 0.2) is 0 Å². The van der Waals surface area contributed by atoms with Crippen LogP contribution in [-0.2, 0) is 0 Å². The van der Waals surface area contributed by atoms with Gasteiger partial charge in [-0.2, -0.15) is 5.26 Å². The Morgan fingerprint density at radius 3 is 2.43 bits per heavy atom. The van der Waals surface area contributed by atoms with Gasteiger partial charge in [0.2, 0.25) is 0 Å². The van der Waals surface area contributed by atoms with Gasteiger partial charge in [0.05, 0.1) is 12.0 Å². The molecule has 4 aliphatic rings. The Hall–Kier alpha value is -0.510. The van der Waals surface area contributed by atoms with Crippen LogP contribution in [0, 0.1) is 51.8 Å². The van der Waals surface area contributed by atoms with E-state index >= 15 is 0 Å². The van der Waals surface area contributed by atoms with Crippen LogP contribution < -0.4 is 0 Å². The van der Waals surface area contributed by atoms with Crippen LogP contribution in [-0.4, -0.2) is 0 Å². The molecule has 0 aromatic rings. The Bertz CT molecular complexity index is 463. The predicted molar refractivity (Wildman–Crippen MR) is 85.4 cm³/mol. The summed E-state index contributed by atoms with van der Waals surface area (Å²) >= 11 is 0. The van der Waals surface area contributed by atoms with Crippen LogP contribution in [0.4, 0.5) is 0 Å². The lowest BCUT2D eigenvalue weighted by Gasteiger charge is -2.60. The largest absolute Gasteiger partial charge is 0.198 e. The highest BCUT2D eigenvalue weighted by atomic mass is 14.6. The van der Waals surface area contributed by atoms with E-state index in [1.165, 1.54) is 64.2 Å². The summed E-state index contributed by atoms with van der Waals surface area (Å²) in [5, 5.41) is 9.55. The molecule has 0 bridgehead atoms. The molecule has 21 heavy (non-hydrogen) atoms. The lowest BCUT2D eigenvalue weighted by molar-refractivity contribution is -0.107. The molecule has 0 aromatic carbocycles. The fraction of sp³-hybridized carbons (Fsp3) is 0.950. The van der Waals surface area contributed by atoms with Crippen molar-refractivity contribution in [1.29, 1.82) is 5.26 Å². The molecule has 0 N–H and O–H groups in total. The molecule has 7 atom stereocenters. The van der Waals surface area contributed by atoms with Gasteiger partial charge in [-0.25, -0.2) is 0 Å². The zero-order valence-electron chi connectivity index (χ0n) is 13.9. The smallest absolute Gasteiger partial charge is 0.0661 e. The Morgan fingerprint density at radius 2 is 1.62 bits per heavy atom. The third-order valence-electron chi connectivity index (χ3n) is 8.74. The molecule has 4 rings (SSSR count). The van der Waals surface area contributed by atoms with Crippen molar-refractivity contribution in [2.24, 2.45) is 40.4 Å². The highest BCUT2D eigenvalue weighted by molar-refractivity contribution is 5.12. The molecule has 116 valence electrons. The van der Waals surface area contributed by atoms with E-state index in [0.29, 0.717) is 16.7 Å². The van der Waals surface area contributed by atoms with Gasteiger partial charge in [0.15, 0.2) is 0 Å². The number of hydrogen-bond donors (Lipinski definition) is 0. The summed E-state index contributed by atoms with van der Waals surface area (Å²) in [5.41, 5.74) is 1.00. The monoisotopic (exact) mass is 285 g/mol. The molecule has 0 amide bonds. The second kappa shape index (κ2) is 4.74. The average Bonchev–Trinajstić information content (AvgIpc) is 2.83. The summed E-state index contributed by atoms with van der Waals surface area (Å²) in [4.78, 5) is 0. The van der Waals surface area contributed by atoms with Crippen LogP contribution in [0.5, 0.6) is 0 Å². The highest BCUT2D eigenvalue weighted by Gasteiger charge is 2.59. The minimum Gasteiger partial charge on any atom is -0.198 e. The number of fused-ring (bicyclic) bond motifs is 5. The molecule has 4 aliphatic carbocycles. The number of nitrogens with zero attached hydrogens (tertiary/aromatic N) is 1. The summed E-state index contributed by atoms with van der Waals surface area (Å²) in [6.07, 6.45) is 14.2. The van der Waals surface area contributed by atoms with E-state index < -0.39 is 0 Å². The zero-order chi connectivity index (χ0) is 14.7. The van der Waals surface area contributed by atoms with E-state index in [9.17, 15) is 5.26 Å². The first-order valence-corrected chi connectivity index (χ1v) is 9.49. The molecule has 1 nitrogen and oxygen atoms in total. The normalized spacial score (nSPS) is 56.0. The molecule has 1 heteroatoms. The lowest BCUT2D eigenvalue weighted by atomic mass is 9.45. The van der Waals surface area contributed by atoms with Gasteiger partial charge in [0.1, 0.15) is 0 Å². The maximum atomic E-state index is 9.55. The molecule has 0 radical (unpaired) electrons. The average molecular weight is 285 g/mol. The molecule has 4 saturated carbocycles. The van der Waals surface area contributed by atoms with Crippen molar-refractivity contribution in [3.8, 4) is 6.07 Å².